The maximum atomic E-state index is 13.6. The number of rotatable bonds is 5. The molecule has 0 atom stereocenters. The molecule has 2 aromatic carbocycles. The van der Waals surface area contributed by atoms with Crippen LogP contribution in [-0.4, -0.2) is 28.1 Å². The van der Waals surface area contributed by atoms with Gasteiger partial charge in [0, 0.05) is 36.8 Å². The zero-order valence-corrected chi connectivity index (χ0v) is 17.6. The molecule has 5 rings (SSSR count). The van der Waals surface area contributed by atoms with Crippen LogP contribution in [0.5, 0.6) is 5.75 Å². The molecule has 0 fully saturated rings. The van der Waals surface area contributed by atoms with E-state index in [0.717, 1.165) is 53.0 Å². The quantitative estimate of drug-likeness (QED) is 0.498. The normalized spacial score (nSPS) is 13.8. The lowest BCUT2D eigenvalue weighted by atomic mass is 9.97. The summed E-state index contributed by atoms with van der Waals surface area (Å²) in [5, 5.41) is 1.08. The Morgan fingerprint density at radius 2 is 1.77 bits per heavy atom. The van der Waals surface area contributed by atoms with Crippen LogP contribution in [0.1, 0.15) is 22.3 Å². The van der Waals surface area contributed by atoms with Gasteiger partial charge in [-0.15, -0.1) is 0 Å². The first-order valence-corrected chi connectivity index (χ1v) is 10.6. The average molecular weight is 412 g/mol. The van der Waals surface area contributed by atoms with Crippen LogP contribution >= 0.6 is 0 Å². The summed E-state index contributed by atoms with van der Waals surface area (Å²) in [5.74, 6) is 0.787. The van der Waals surface area contributed by atoms with Crippen molar-refractivity contribution in [2.75, 3.05) is 13.7 Å². The van der Waals surface area contributed by atoms with Gasteiger partial charge < -0.3 is 4.74 Å². The van der Waals surface area contributed by atoms with Crippen molar-refractivity contribution in [1.82, 2.24) is 14.5 Å². The molecule has 0 radical (unpaired) electrons. The van der Waals surface area contributed by atoms with Gasteiger partial charge in [0.05, 0.1) is 13.7 Å². The van der Waals surface area contributed by atoms with Crippen LogP contribution in [0.15, 0.2) is 77.7 Å². The highest BCUT2D eigenvalue weighted by atomic mass is 16.5. The summed E-state index contributed by atoms with van der Waals surface area (Å²) in [6, 6.07) is 22.3. The smallest absolute Gasteiger partial charge is 0.257 e. The molecule has 0 saturated carbocycles. The molecule has 0 bridgehead atoms. The summed E-state index contributed by atoms with van der Waals surface area (Å²) in [6.45, 7) is 2.91. The maximum absolute atomic E-state index is 13.6. The number of hydrogen-bond acceptors (Lipinski definition) is 4. The van der Waals surface area contributed by atoms with Gasteiger partial charge in [0.25, 0.3) is 5.56 Å². The number of fused-ring (bicyclic) bond motifs is 3. The van der Waals surface area contributed by atoms with Crippen molar-refractivity contribution in [3.63, 3.8) is 0 Å². The summed E-state index contributed by atoms with van der Waals surface area (Å²) in [5.41, 5.74) is 5.15. The zero-order valence-electron chi connectivity index (χ0n) is 17.6. The van der Waals surface area contributed by atoms with E-state index in [0.29, 0.717) is 13.1 Å². The molecule has 4 aromatic rings. The van der Waals surface area contributed by atoms with Gasteiger partial charge in [-0.3, -0.25) is 14.3 Å². The number of aromatic nitrogens is 2. The summed E-state index contributed by atoms with van der Waals surface area (Å²) in [7, 11) is 1.66. The predicted octanol–water partition coefficient (Wildman–Crippen LogP) is 4.01. The third-order valence-corrected chi connectivity index (χ3v) is 6.02. The molecule has 31 heavy (non-hydrogen) atoms. The van der Waals surface area contributed by atoms with Crippen molar-refractivity contribution >= 4 is 11.0 Å². The Kier molecular flexibility index (Phi) is 5.26. The van der Waals surface area contributed by atoms with E-state index in [1.807, 2.05) is 41.0 Å². The first-order valence-electron chi connectivity index (χ1n) is 10.6. The Bertz CT molecular complexity index is 1280. The molecule has 0 aliphatic carbocycles. The largest absolute Gasteiger partial charge is 0.497 e. The van der Waals surface area contributed by atoms with Crippen molar-refractivity contribution in [1.29, 1.82) is 0 Å². The molecule has 5 nitrogen and oxygen atoms in total. The highest BCUT2D eigenvalue weighted by Crippen LogP contribution is 2.26. The van der Waals surface area contributed by atoms with Gasteiger partial charge in [0.15, 0.2) is 0 Å². The number of ether oxygens (including phenoxy) is 1. The molecule has 0 spiro atoms. The van der Waals surface area contributed by atoms with Gasteiger partial charge in [-0.2, -0.15) is 0 Å². The highest BCUT2D eigenvalue weighted by molar-refractivity contribution is 5.80. The topological polar surface area (TPSA) is 47.4 Å². The minimum Gasteiger partial charge on any atom is -0.497 e. The number of pyridine rings is 2. The minimum atomic E-state index is 0.0572. The van der Waals surface area contributed by atoms with Crippen LogP contribution in [0.2, 0.25) is 0 Å². The summed E-state index contributed by atoms with van der Waals surface area (Å²) in [4.78, 5) is 20.6. The van der Waals surface area contributed by atoms with Crippen molar-refractivity contribution < 1.29 is 4.74 Å². The van der Waals surface area contributed by atoms with Gasteiger partial charge in [0.1, 0.15) is 11.4 Å². The molecule has 0 amide bonds. The van der Waals surface area contributed by atoms with Crippen molar-refractivity contribution in [2.45, 2.75) is 26.1 Å². The molecule has 0 saturated heterocycles. The van der Waals surface area contributed by atoms with Crippen LogP contribution in [0.3, 0.4) is 0 Å². The molecule has 5 heteroatoms. The van der Waals surface area contributed by atoms with Gasteiger partial charge in [-0.25, -0.2) is 4.98 Å². The molecule has 0 N–H and O–H groups in total. The maximum Gasteiger partial charge on any atom is 0.257 e. The lowest BCUT2D eigenvalue weighted by Crippen LogP contribution is -2.37. The van der Waals surface area contributed by atoms with E-state index in [4.69, 9.17) is 4.74 Å². The van der Waals surface area contributed by atoms with Crippen molar-refractivity contribution in [3.8, 4) is 5.75 Å². The molecule has 156 valence electrons. The van der Waals surface area contributed by atoms with Gasteiger partial charge >= 0.3 is 0 Å². The third-order valence-electron chi connectivity index (χ3n) is 6.02. The number of hydrogen-bond donors (Lipinski definition) is 0. The van der Waals surface area contributed by atoms with E-state index in [9.17, 15) is 4.79 Å². The Morgan fingerprint density at radius 3 is 2.61 bits per heavy atom. The van der Waals surface area contributed by atoms with Crippen molar-refractivity contribution in [2.24, 2.45) is 0 Å². The van der Waals surface area contributed by atoms with Crippen LogP contribution < -0.4 is 10.3 Å². The summed E-state index contributed by atoms with van der Waals surface area (Å²) >= 11 is 0. The predicted molar refractivity (Wildman–Crippen MR) is 122 cm³/mol. The Balaban J connectivity index is 1.56. The van der Waals surface area contributed by atoms with Crippen LogP contribution in [-0.2, 0) is 26.1 Å². The van der Waals surface area contributed by atoms with Crippen LogP contribution in [0, 0.1) is 0 Å². The standard InChI is InChI=1S/C26H25N3O2/c1-31-21-10-5-9-20(15-21)17-29-25-23(11-6-13-27-25)22-12-14-28(18-24(22)26(29)30)16-19-7-3-2-4-8-19/h2-11,13,15H,12,14,16-18H2,1H3. The van der Waals surface area contributed by atoms with Gasteiger partial charge in [-0.05, 0) is 47.4 Å². The second-order valence-corrected chi connectivity index (χ2v) is 8.02. The molecule has 1 aliphatic rings. The molecular weight excluding hydrogens is 386 g/mol. The molecule has 1 aliphatic heterocycles. The van der Waals surface area contributed by atoms with E-state index in [-0.39, 0.29) is 5.56 Å². The molecular formula is C26H25N3O2. The van der Waals surface area contributed by atoms with E-state index in [1.54, 1.807) is 13.3 Å². The Labute approximate surface area is 181 Å². The van der Waals surface area contributed by atoms with E-state index >= 15 is 0 Å². The lowest BCUT2D eigenvalue weighted by Gasteiger charge is -2.30. The van der Waals surface area contributed by atoms with Gasteiger partial charge in [0.2, 0.25) is 0 Å². The number of methoxy groups -OCH3 is 1. The van der Waals surface area contributed by atoms with Crippen LogP contribution in [0.4, 0.5) is 0 Å². The third kappa shape index (κ3) is 3.84. The molecule has 3 heterocycles. The highest BCUT2D eigenvalue weighted by Gasteiger charge is 2.24. The SMILES string of the molecule is COc1cccc(Cn2c(=O)c3c(c4cccnc42)CCN(Cc2ccccc2)C3)c1. The first-order chi connectivity index (χ1) is 15.2. The Hall–Kier alpha value is -3.44. The Morgan fingerprint density at radius 1 is 0.935 bits per heavy atom. The van der Waals surface area contributed by atoms with E-state index in [1.165, 1.54) is 5.56 Å². The average Bonchev–Trinajstić information content (AvgIpc) is 2.82. The second-order valence-electron chi connectivity index (χ2n) is 8.02. The minimum absolute atomic E-state index is 0.0572. The van der Waals surface area contributed by atoms with E-state index in [2.05, 4.69) is 40.2 Å². The fourth-order valence-corrected chi connectivity index (χ4v) is 4.50. The van der Waals surface area contributed by atoms with E-state index < -0.39 is 0 Å². The summed E-state index contributed by atoms with van der Waals surface area (Å²) < 4.78 is 7.18. The van der Waals surface area contributed by atoms with Crippen molar-refractivity contribution in [3.05, 3.63) is 106 Å². The zero-order chi connectivity index (χ0) is 21.2. The monoisotopic (exact) mass is 411 g/mol. The molecule has 0 unspecified atom stereocenters. The van der Waals surface area contributed by atoms with Crippen LogP contribution in [0.25, 0.3) is 11.0 Å². The van der Waals surface area contributed by atoms with Gasteiger partial charge in [-0.1, -0.05) is 42.5 Å². The lowest BCUT2D eigenvalue weighted by molar-refractivity contribution is 0.244. The summed E-state index contributed by atoms with van der Waals surface area (Å²) in [6.07, 6.45) is 2.63. The fourth-order valence-electron chi connectivity index (χ4n) is 4.50. The number of nitrogens with zero attached hydrogens (tertiary/aromatic N) is 3. The first kappa shape index (κ1) is 19.5. The second kappa shape index (κ2) is 8.36. The molecule has 2 aromatic heterocycles. The number of benzene rings is 2. The fraction of sp³-hybridized carbons (Fsp3) is 0.231.